The van der Waals surface area contributed by atoms with Crippen LogP contribution in [0.4, 0.5) is 0 Å². The molecule has 1 unspecified atom stereocenters. The Morgan fingerprint density at radius 3 is 2.52 bits per heavy atom. The number of nitrogens with zero attached hydrogens (tertiary/aromatic N) is 1. The minimum absolute atomic E-state index is 0.214. The molecule has 1 atom stereocenters. The number of rotatable bonds is 4. The minimum Gasteiger partial charge on any atom is -0.487 e. The van der Waals surface area contributed by atoms with Gasteiger partial charge in [0.2, 0.25) is 10.0 Å². The van der Waals surface area contributed by atoms with Gasteiger partial charge in [-0.05, 0) is 64.3 Å². The lowest BCUT2D eigenvalue weighted by Crippen LogP contribution is -2.41. The van der Waals surface area contributed by atoms with E-state index in [2.05, 4.69) is 5.32 Å². The van der Waals surface area contributed by atoms with Crippen molar-refractivity contribution in [3.8, 4) is 5.75 Å². The van der Waals surface area contributed by atoms with Gasteiger partial charge >= 0.3 is 0 Å². The number of carbonyl (C=O) groups is 1. The van der Waals surface area contributed by atoms with Crippen molar-refractivity contribution in [3.05, 3.63) is 58.7 Å². The van der Waals surface area contributed by atoms with Gasteiger partial charge in [0, 0.05) is 30.6 Å². The Bertz CT molecular complexity index is 1120. The Morgan fingerprint density at radius 2 is 1.81 bits per heavy atom. The maximum atomic E-state index is 13.2. The van der Waals surface area contributed by atoms with Gasteiger partial charge in [-0.3, -0.25) is 4.79 Å². The summed E-state index contributed by atoms with van der Waals surface area (Å²) in [6.45, 7) is 8.85. The maximum absolute atomic E-state index is 13.2. The van der Waals surface area contributed by atoms with Crippen molar-refractivity contribution in [1.82, 2.24) is 9.62 Å². The van der Waals surface area contributed by atoms with E-state index in [9.17, 15) is 13.2 Å². The van der Waals surface area contributed by atoms with E-state index >= 15 is 0 Å². The highest BCUT2D eigenvalue weighted by Crippen LogP contribution is 2.40. The molecule has 1 amide bonds. The van der Waals surface area contributed by atoms with Gasteiger partial charge in [0.15, 0.2) is 0 Å². The number of carbonyl (C=O) groups excluding carboxylic acids is 1. The molecule has 0 radical (unpaired) electrons. The van der Waals surface area contributed by atoms with Crippen molar-refractivity contribution in [2.45, 2.75) is 63.5 Å². The van der Waals surface area contributed by atoms with E-state index in [1.54, 1.807) is 19.1 Å². The molecule has 6 nitrogen and oxygen atoms in total. The number of amides is 1. The predicted molar refractivity (Wildman–Crippen MR) is 120 cm³/mol. The highest BCUT2D eigenvalue weighted by Gasteiger charge is 2.35. The Morgan fingerprint density at radius 1 is 1.10 bits per heavy atom. The van der Waals surface area contributed by atoms with Crippen molar-refractivity contribution in [3.63, 3.8) is 0 Å². The van der Waals surface area contributed by atoms with Gasteiger partial charge in [-0.25, -0.2) is 8.42 Å². The summed E-state index contributed by atoms with van der Waals surface area (Å²) in [5, 5.41) is 3.11. The number of aryl methyl sites for hydroxylation is 2. The zero-order valence-corrected chi connectivity index (χ0v) is 19.4. The summed E-state index contributed by atoms with van der Waals surface area (Å²) in [6.07, 6.45) is 2.37. The highest BCUT2D eigenvalue weighted by molar-refractivity contribution is 7.89. The van der Waals surface area contributed by atoms with Gasteiger partial charge in [0.1, 0.15) is 11.4 Å². The summed E-state index contributed by atoms with van der Waals surface area (Å²) in [4.78, 5) is 13.4. The fraction of sp³-hybridized carbons (Fsp3) is 0.458. The van der Waals surface area contributed by atoms with Crippen molar-refractivity contribution in [1.29, 1.82) is 0 Å². The van der Waals surface area contributed by atoms with Gasteiger partial charge in [0.05, 0.1) is 10.9 Å². The van der Waals surface area contributed by atoms with E-state index in [4.69, 9.17) is 4.74 Å². The summed E-state index contributed by atoms with van der Waals surface area (Å²) in [5.41, 5.74) is 2.62. The van der Waals surface area contributed by atoms with E-state index in [-0.39, 0.29) is 16.8 Å². The van der Waals surface area contributed by atoms with Crippen LogP contribution in [0.15, 0.2) is 41.3 Å². The average molecular weight is 443 g/mol. The molecular formula is C24H30N2O4S. The molecule has 2 aliphatic rings. The molecule has 7 heteroatoms. The second kappa shape index (κ2) is 7.95. The molecule has 0 saturated carbocycles. The van der Waals surface area contributed by atoms with Crippen LogP contribution in [0.25, 0.3) is 0 Å². The third kappa shape index (κ3) is 4.34. The first-order valence-electron chi connectivity index (χ1n) is 10.8. The van der Waals surface area contributed by atoms with Crippen molar-refractivity contribution in [2.75, 3.05) is 13.1 Å². The molecule has 0 aliphatic carbocycles. The second-order valence-corrected chi connectivity index (χ2v) is 11.1. The smallest absolute Gasteiger partial charge is 0.251 e. The van der Waals surface area contributed by atoms with E-state index in [0.717, 1.165) is 29.7 Å². The van der Waals surface area contributed by atoms with E-state index in [0.29, 0.717) is 30.6 Å². The summed E-state index contributed by atoms with van der Waals surface area (Å²) < 4.78 is 33.8. The quantitative estimate of drug-likeness (QED) is 0.773. The lowest BCUT2D eigenvalue weighted by molar-refractivity contribution is 0.0619. The third-order valence-electron chi connectivity index (χ3n) is 6.06. The highest BCUT2D eigenvalue weighted by atomic mass is 32.2. The van der Waals surface area contributed by atoms with Crippen LogP contribution in [0.3, 0.4) is 0 Å². The molecule has 2 aromatic carbocycles. The Labute approximate surface area is 184 Å². The molecule has 4 rings (SSSR count). The normalized spacial score (nSPS) is 20.7. The topological polar surface area (TPSA) is 75.7 Å². The molecule has 0 bridgehead atoms. The summed E-state index contributed by atoms with van der Waals surface area (Å²) in [7, 11) is -3.60. The van der Waals surface area contributed by atoms with Gasteiger partial charge < -0.3 is 10.1 Å². The SMILES string of the molecule is Cc1ccc2c(c1)C(NC(=O)c1ccc(C)c(S(=O)(=O)N3CCCC3)c1)CC(C)(C)O2. The zero-order chi connectivity index (χ0) is 22.4. The van der Waals surface area contributed by atoms with Crippen molar-refractivity contribution < 1.29 is 17.9 Å². The number of benzene rings is 2. The van der Waals surface area contributed by atoms with E-state index in [1.807, 2.05) is 39.0 Å². The fourth-order valence-electron chi connectivity index (χ4n) is 4.43. The van der Waals surface area contributed by atoms with E-state index in [1.165, 1.54) is 10.4 Å². The van der Waals surface area contributed by atoms with Gasteiger partial charge in [-0.2, -0.15) is 4.31 Å². The molecule has 1 saturated heterocycles. The number of hydrogen-bond acceptors (Lipinski definition) is 4. The molecule has 2 heterocycles. The number of nitrogens with one attached hydrogen (secondary N) is 1. The first-order chi connectivity index (χ1) is 14.6. The maximum Gasteiger partial charge on any atom is 0.251 e. The van der Waals surface area contributed by atoms with Crippen molar-refractivity contribution in [2.24, 2.45) is 0 Å². The predicted octanol–water partition coefficient (Wildman–Crippen LogP) is 4.12. The van der Waals surface area contributed by atoms with Gasteiger partial charge in [-0.1, -0.05) is 23.8 Å². The Balaban J connectivity index is 1.63. The Kier molecular flexibility index (Phi) is 5.60. The van der Waals surface area contributed by atoms with Crippen LogP contribution >= 0.6 is 0 Å². The van der Waals surface area contributed by atoms with Crippen LogP contribution in [0.2, 0.25) is 0 Å². The Hall–Kier alpha value is -2.38. The van der Waals surface area contributed by atoms with E-state index < -0.39 is 15.6 Å². The molecule has 0 spiro atoms. The lowest BCUT2D eigenvalue weighted by atomic mass is 9.88. The summed E-state index contributed by atoms with van der Waals surface area (Å²) >= 11 is 0. The lowest BCUT2D eigenvalue weighted by Gasteiger charge is -2.38. The molecule has 166 valence electrons. The number of hydrogen-bond donors (Lipinski definition) is 1. The van der Waals surface area contributed by atoms with Crippen LogP contribution in [-0.4, -0.2) is 37.3 Å². The molecule has 2 aromatic rings. The van der Waals surface area contributed by atoms with Crippen LogP contribution in [0, 0.1) is 13.8 Å². The molecule has 31 heavy (non-hydrogen) atoms. The standard InChI is InChI=1S/C24H30N2O4S/c1-16-7-10-21-19(13-16)20(15-24(3,4)30-21)25-23(27)18-9-8-17(2)22(14-18)31(28,29)26-11-5-6-12-26/h7-10,13-14,20H,5-6,11-12,15H2,1-4H3,(H,25,27). The number of sulfonamides is 1. The van der Waals surface area contributed by atoms with Crippen LogP contribution < -0.4 is 10.1 Å². The number of ether oxygens (including phenoxy) is 1. The molecule has 2 aliphatic heterocycles. The van der Waals surface area contributed by atoms with Gasteiger partial charge in [0.25, 0.3) is 5.91 Å². The molecule has 1 fully saturated rings. The summed E-state index contributed by atoms with van der Waals surface area (Å²) in [6, 6.07) is 10.7. The second-order valence-electron chi connectivity index (χ2n) is 9.22. The van der Waals surface area contributed by atoms with Crippen LogP contribution in [0.1, 0.15) is 66.2 Å². The van der Waals surface area contributed by atoms with Crippen LogP contribution in [-0.2, 0) is 10.0 Å². The monoisotopic (exact) mass is 442 g/mol. The fourth-order valence-corrected chi connectivity index (χ4v) is 6.20. The molecule has 0 aromatic heterocycles. The number of fused-ring (bicyclic) bond motifs is 1. The van der Waals surface area contributed by atoms with Crippen molar-refractivity contribution >= 4 is 15.9 Å². The zero-order valence-electron chi connectivity index (χ0n) is 18.6. The molecule has 1 N–H and O–H groups in total. The average Bonchev–Trinajstić information content (AvgIpc) is 3.24. The first kappa shape index (κ1) is 21.8. The van der Waals surface area contributed by atoms with Gasteiger partial charge in [-0.15, -0.1) is 0 Å². The summed E-state index contributed by atoms with van der Waals surface area (Å²) in [5.74, 6) is 0.487. The van der Waals surface area contributed by atoms with Crippen LogP contribution in [0.5, 0.6) is 5.75 Å². The largest absolute Gasteiger partial charge is 0.487 e. The molecular weight excluding hydrogens is 412 g/mol. The first-order valence-corrected chi connectivity index (χ1v) is 12.2. The third-order valence-corrected chi connectivity index (χ3v) is 8.10. The minimum atomic E-state index is -3.60.